The largest absolute Gasteiger partial charge is 0.456 e. The van der Waals surface area contributed by atoms with E-state index in [1.54, 1.807) is 83.1 Å². The molecule has 6 rings (SSSR count). The number of aliphatic hydroxyl groups excluding tert-OH is 3. The normalized spacial score (nSPS) is 33.7. The predicted octanol–water partition coefficient (Wildman–Crippen LogP) is 3.26. The van der Waals surface area contributed by atoms with Crippen LogP contribution in [-0.4, -0.2) is 110 Å². The van der Waals surface area contributed by atoms with Crippen LogP contribution in [0.25, 0.3) is 0 Å². The first-order chi connectivity index (χ1) is 27.0. The topological polar surface area (TPSA) is 224 Å². The van der Waals surface area contributed by atoms with Crippen molar-refractivity contribution in [3.8, 4) is 0 Å². The van der Waals surface area contributed by atoms with Gasteiger partial charge in [-0.25, -0.2) is 14.4 Å². The van der Waals surface area contributed by atoms with E-state index in [4.69, 9.17) is 23.7 Å². The smallest absolute Gasteiger partial charge is 0.408 e. The third-order valence-electron chi connectivity index (χ3n) is 12.6. The van der Waals surface area contributed by atoms with Gasteiger partial charge in [-0.2, -0.15) is 0 Å². The number of amides is 1. The number of carbonyl (C=O) groups is 5. The van der Waals surface area contributed by atoms with Crippen molar-refractivity contribution in [3.63, 3.8) is 0 Å². The number of esters is 3. The van der Waals surface area contributed by atoms with E-state index in [-0.39, 0.29) is 29.7 Å². The molecule has 2 bridgehead atoms. The van der Waals surface area contributed by atoms with Gasteiger partial charge in [0.1, 0.15) is 35.6 Å². The average molecular weight is 808 g/mol. The van der Waals surface area contributed by atoms with Gasteiger partial charge < -0.3 is 49.4 Å². The van der Waals surface area contributed by atoms with Crippen molar-refractivity contribution in [2.45, 2.75) is 128 Å². The number of benzene rings is 2. The molecular formula is C43H53NO14. The second kappa shape index (κ2) is 15.2. The third kappa shape index (κ3) is 7.10. The summed E-state index contributed by atoms with van der Waals surface area (Å²) in [6.07, 6.45) is -11.5. The van der Waals surface area contributed by atoms with E-state index in [2.05, 4.69) is 5.32 Å². The molecule has 2 saturated carbocycles. The molecule has 2 aromatic rings. The minimum atomic E-state index is -2.35. The molecule has 1 heterocycles. The number of aliphatic hydroxyl groups is 4. The van der Waals surface area contributed by atoms with Crippen LogP contribution in [0.15, 0.2) is 71.8 Å². The molecule has 0 aromatic heterocycles. The van der Waals surface area contributed by atoms with Crippen LogP contribution in [0.3, 0.4) is 0 Å². The lowest BCUT2D eigenvalue weighted by Crippen LogP contribution is -2.81. The highest BCUT2D eigenvalue weighted by molar-refractivity contribution is 5.94. The summed E-state index contributed by atoms with van der Waals surface area (Å²) in [6, 6.07) is 14.6. The Balaban J connectivity index is 1.49. The summed E-state index contributed by atoms with van der Waals surface area (Å²) in [5, 5.41) is 51.6. The highest BCUT2D eigenvalue weighted by atomic mass is 16.6. The molecule has 15 heteroatoms. The molecule has 3 fully saturated rings. The molecule has 4 aliphatic rings. The maximum atomic E-state index is 14.9. The second-order valence-corrected chi connectivity index (χ2v) is 17.6. The van der Waals surface area contributed by atoms with Crippen LogP contribution in [-0.2, 0) is 38.1 Å². The minimum Gasteiger partial charge on any atom is -0.456 e. The van der Waals surface area contributed by atoms with Crippen molar-refractivity contribution in [2.75, 3.05) is 6.61 Å². The Hall–Kier alpha value is -4.67. The van der Waals surface area contributed by atoms with Crippen molar-refractivity contribution in [1.29, 1.82) is 0 Å². The number of alkyl carbamates (subject to hydrolysis) is 1. The number of hydrogen-bond donors (Lipinski definition) is 5. The van der Waals surface area contributed by atoms with Gasteiger partial charge >= 0.3 is 24.0 Å². The number of carbonyl (C=O) groups excluding carboxylic acids is 5. The van der Waals surface area contributed by atoms with Crippen molar-refractivity contribution < 1.29 is 68.1 Å². The molecule has 15 nitrogen and oxygen atoms in total. The molecular weight excluding hydrogens is 754 g/mol. The Kier molecular flexibility index (Phi) is 11.2. The van der Waals surface area contributed by atoms with E-state index in [0.29, 0.717) is 5.56 Å². The molecule has 5 N–H and O–H groups in total. The molecule has 3 aliphatic carbocycles. The van der Waals surface area contributed by atoms with E-state index in [0.717, 1.165) is 6.92 Å². The Morgan fingerprint density at radius 2 is 1.55 bits per heavy atom. The van der Waals surface area contributed by atoms with Gasteiger partial charge in [-0.15, -0.1) is 0 Å². The fraction of sp³-hybridized carbons (Fsp3) is 0.558. The lowest BCUT2D eigenvalue weighted by Gasteiger charge is -2.67. The maximum absolute atomic E-state index is 14.9. The summed E-state index contributed by atoms with van der Waals surface area (Å²) in [5.41, 5.74) is -8.14. The third-order valence-corrected chi connectivity index (χ3v) is 12.6. The average Bonchev–Trinajstić information content (AvgIpc) is 3.14. The number of nitrogens with one attached hydrogen (secondary N) is 1. The van der Waals surface area contributed by atoms with Gasteiger partial charge in [0.05, 0.1) is 35.6 Å². The quantitative estimate of drug-likeness (QED) is 0.147. The van der Waals surface area contributed by atoms with Gasteiger partial charge in [-0.05, 0) is 63.5 Å². The van der Waals surface area contributed by atoms with Crippen LogP contribution in [0.4, 0.5) is 4.79 Å². The van der Waals surface area contributed by atoms with E-state index >= 15 is 0 Å². The zero-order valence-corrected chi connectivity index (χ0v) is 33.9. The van der Waals surface area contributed by atoms with Crippen LogP contribution < -0.4 is 5.32 Å². The molecule has 0 spiro atoms. The van der Waals surface area contributed by atoms with Gasteiger partial charge in [-0.3, -0.25) is 9.59 Å². The highest BCUT2D eigenvalue weighted by Crippen LogP contribution is 2.64. The van der Waals surface area contributed by atoms with Crippen LogP contribution >= 0.6 is 0 Å². The molecule has 3 unspecified atom stereocenters. The maximum Gasteiger partial charge on any atom is 0.408 e. The monoisotopic (exact) mass is 807 g/mol. The Morgan fingerprint density at radius 1 is 0.948 bits per heavy atom. The first kappa shape index (κ1) is 42.9. The Labute approximate surface area is 336 Å². The molecule has 1 saturated heterocycles. The first-order valence-corrected chi connectivity index (χ1v) is 19.3. The van der Waals surface area contributed by atoms with Crippen LogP contribution in [0.1, 0.15) is 90.2 Å². The van der Waals surface area contributed by atoms with Gasteiger partial charge in [0.25, 0.3) is 0 Å². The SMILES string of the molecule is CC(=O)O[C@@]12CO[C@@H]1C[C@H](O)[C@@]1(C)C(=O)[C@H](O)C3=C(C)[C@@H](OC(=O)C(O)C(NC(=O)OC(C)(C)C)c4ccccc4)C[C@@](O)([C@@H](OC(=O)c4ccccc4)C12)C3(C)C. The van der Waals surface area contributed by atoms with Gasteiger partial charge in [0.15, 0.2) is 17.5 Å². The Bertz CT molecular complexity index is 1980. The summed E-state index contributed by atoms with van der Waals surface area (Å²) >= 11 is 0. The van der Waals surface area contributed by atoms with E-state index in [1.165, 1.54) is 26.0 Å². The summed E-state index contributed by atoms with van der Waals surface area (Å²) in [5.74, 6) is -5.36. The van der Waals surface area contributed by atoms with Crippen LogP contribution in [0.2, 0.25) is 0 Å². The minimum absolute atomic E-state index is 0.0637. The number of ketones is 1. The van der Waals surface area contributed by atoms with Crippen molar-refractivity contribution in [2.24, 2.45) is 16.7 Å². The van der Waals surface area contributed by atoms with Gasteiger partial charge in [0, 0.05) is 25.2 Å². The first-order valence-electron chi connectivity index (χ1n) is 19.3. The number of rotatable bonds is 8. The number of fused-ring (bicyclic) bond motifs is 5. The van der Waals surface area contributed by atoms with Gasteiger partial charge in [-0.1, -0.05) is 62.4 Å². The van der Waals surface area contributed by atoms with E-state index < -0.39 is 112 Å². The zero-order valence-electron chi connectivity index (χ0n) is 33.9. The lowest BCUT2D eigenvalue weighted by atomic mass is 9.44. The molecule has 1 amide bonds. The molecule has 0 radical (unpaired) electrons. The molecule has 11 atom stereocenters. The van der Waals surface area contributed by atoms with E-state index in [1.807, 2.05) is 0 Å². The second-order valence-electron chi connectivity index (χ2n) is 17.6. The fourth-order valence-electron chi connectivity index (χ4n) is 9.56. The summed E-state index contributed by atoms with van der Waals surface area (Å²) in [6.45, 7) is 11.8. The molecule has 2 aromatic carbocycles. The number of Topliss-reactive ketones (excluding diaryl/α,β-unsaturated/α-hetero) is 1. The molecule has 1 aliphatic heterocycles. The van der Waals surface area contributed by atoms with Gasteiger partial charge in [0.2, 0.25) is 0 Å². The summed E-state index contributed by atoms with van der Waals surface area (Å²) in [4.78, 5) is 68.9. The zero-order chi connectivity index (χ0) is 42.7. The predicted molar refractivity (Wildman–Crippen MR) is 204 cm³/mol. The Morgan fingerprint density at radius 3 is 2.10 bits per heavy atom. The number of hydrogen-bond acceptors (Lipinski definition) is 14. The highest BCUT2D eigenvalue weighted by Gasteiger charge is 2.78. The number of ether oxygens (including phenoxy) is 5. The van der Waals surface area contributed by atoms with Crippen LogP contribution in [0.5, 0.6) is 0 Å². The van der Waals surface area contributed by atoms with Crippen LogP contribution in [0, 0.1) is 16.7 Å². The van der Waals surface area contributed by atoms with Crippen molar-refractivity contribution in [3.05, 3.63) is 82.9 Å². The van der Waals surface area contributed by atoms with E-state index in [9.17, 15) is 44.4 Å². The standard InChI is InChI=1S/C43H53NO14/c1-22-26(55-37(51)32(48)30(24-15-11-9-12-16-24)44-38(52)58-39(3,4)5)20-43(53)35(56-36(50)25-17-13-10-14-18-25)33-41(8,34(49)31(47)29(22)40(43,6)7)27(46)19-28-42(33,21-54-28)57-23(2)45/h9-18,26-28,30-33,35,46-48,53H,19-21H2,1-8H3,(H,44,52)/t26-,27-,28+,30?,31+,32?,33?,35-,41+,42-,43+/m0/s1. The molecule has 58 heavy (non-hydrogen) atoms. The van der Waals surface area contributed by atoms with Crippen molar-refractivity contribution in [1.82, 2.24) is 5.32 Å². The lowest BCUT2D eigenvalue weighted by molar-refractivity contribution is -0.346. The van der Waals surface area contributed by atoms with Crippen molar-refractivity contribution >= 4 is 29.8 Å². The summed E-state index contributed by atoms with van der Waals surface area (Å²) < 4.78 is 29.5. The molecule has 314 valence electrons. The summed E-state index contributed by atoms with van der Waals surface area (Å²) in [7, 11) is 0. The fourth-order valence-corrected chi connectivity index (χ4v) is 9.56.